The lowest BCUT2D eigenvalue weighted by molar-refractivity contribution is 0.0697. The molecule has 1 fully saturated rings. The summed E-state index contributed by atoms with van der Waals surface area (Å²) >= 11 is 7.18. The SMILES string of the molecule is O=C(Nc1ccc(C(=O)O)c(Cl)c1)c1cnc(C2CCCO2)s1. The first kappa shape index (κ1) is 15.9. The molecule has 1 amide bonds. The van der Waals surface area contributed by atoms with Gasteiger partial charge in [0.2, 0.25) is 0 Å². The largest absolute Gasteiger partial charge is 0.478 e. The molecule has 0 spiro atoms. The maximum atomic E-state index is 12.2. The Labute approximate surface area is 141 Å². The number of hydrogen-bond donors (Lipinski definition) is 2. The number of benzene rings is 1. The molecule has 1 aromatic carbocycles. The first-order chi connectivity index (χ1) is 11.0. The molecular weight excluding hydrogens is 340 g/mol. The number of thiazole rings is 1. The Bertz CT molecular complexity index is 756. The smallest absolute Gasteiger partial charge is 0.337 e. The Kier molecular flexibility index (Phi) is 4.61. The van der Waals surface area contributed by atoms with Crippen LogP contribution in [0, 0.1) is 0 Å². The molecule has 2 aromatic rings. The van der Waals surface area contributed by atoms with Crippen molar-refractivity contribution in [3.05, 3.63) is 44.9 Å². The molecule has 2 heterocycles. The standard InChI is InChI=1S/C15H13ClN2O4S/c16-10-6-8(3-4-9(10)15(20)21)18-13(19)12-7-17-14(23-12)11-2-1-5-22-11/h3-4,6-7,11H,1-2,5H2,(H,18,19)(H,20,21). The molecule has 0 radical (unpaired) electrons. The van der Waals surface area contributed by atoms with Crippen LogP contribution in [-0.4, -0.2) is 28.6 Å². The van der Waals surface area contributed by atoms with E-state index < -0.39 is 5.97 Å². The van der Waals surface area contributed by atoms with E-state index in [1.807, 2.05) is 0 Å². The van der Waals surface area contributed by atoms with E-state index >= 15 is 0 Å². The monoisotopic (exact) mass is 352 g/mol. The highest BCUT2D eigenvalue weighted by atomic mass is 35.5. The van der Waals surface area contributed by atoms with Gasteiger partial charge in [-0.1, -0.05) is 11.6 Å². The van der Waals surface area contributed by atoms with Gasteiger partial charge in [-0.05, 0) is 31.0 Å². The van der Waals surface area contributed by atoms with Crippen molar-refractivity contribution in [3.63, 3.8) is 0 Å². The zero-order chi connectivity index (χ0) is 16.4. The highest BCUT2D eigenvalue weighted by molar-refractivity contribution is 7.13. The van der Waals surface area contributed by atoms with Crippen LogP contribution in [0.5, 0.6) is 0 Å². The number of aromatic nitrogens is 1. The summed E-state index contributed by atoms with van der Waals surface area (Å²) in [7, 11) is 0. The molecule has 0 aliphatic carbocycles. The fourth-order valence-electron chi connectivity index (χ4n) is 2.27. The summed E-state index contributed by atoms with van der Waals surface area (Å²) in [4.78, 5) is 27.9. The van der Waals surface area contributed by atoms with Crippen LogP contribution in [0.15, 0.2) is 24.4 Å². The number of carbonyl (C=O) groups is 2. The third-order valence-electron chi connectivity index (χ3n) is 3.41. The van der Waals surface area contributed by atoms with E-state index in [4.69, 9.17) is 21.4 Å². The van der Waals surface area contributed by atoms with E-state index in [1.54, 1.807) is 0 Å². The molecule has 6 nitrogen and oxygen atoms in total. The minimum atomic E-state index is -1.11. The zero-order valence-corrected chi connectivity index (χ0v) is 13.5. The molecular formula is C15H13ClN2O4S. The highest BCUT2D eigenvalue weighted by Gasteiger charge is 2.22. The third kappa shape index (κ3) is 3.52. The van der Waals surface area contributed by atoms with Gasteiger partial charge in [0, 0.05) is 12.3 Å². The second kappa shape index (κ2) is 6.66. The van der Waals surface area contributed by atoms with Crippen molar-refractivity contribution in [2.24, 2.45) is 0 Å². The average Bonchev–Trinajstić information content (AvgIpc) is 3.18. The van der Waals surface area contributed by atoms with Gasteiger partial charge in [0.15, 0.2) is 0 Å². The van der Waals surface area contributed by atoms with Gasteiger partial charge in [-0.3, -0.25) is 4.79 Å². The normalized spacial score (nSPS) is 17.2. The quantitative estimate of drug-likeness (QED) is 0.877. The van der Waals surface area contributed by atoms with Crippen molar-refractivity contribution < 1.29 is 19.4 Å². The predicted molar refractivity (Wildman–Crippen MR) is 86.4 cm³/mol. The Morgan fingerprint density at radius 1 is 1.43 bits per heavy atom. The van der Waals surface area contributed by atoms with Crippen LogP contribution in [0.3, 0.4) is 0 Å². The maximum Gasteiger partial charge on any atom is 0.337 e. The number of rotatable bonds is 4. The van der Waals surface area contributed by atoms with Crippen LogP contribution in [0.2, 0.25) is 5.02 Å². The number of hydrogen-bond acceptors (Lipinski definition) is 5. The number of carboxylic acids is 1. The molecule has 1 saturated heterocycles. The number of amides is 1. The Hall–Kier alpha value is -1.96. The number of ether oxygens (including phenoxy) is 1. The molecule has 1 aliphatic heterocycles. The molecule has 23 heavy (non-hydrogen) atoms. The first-order valence-electron chi connectivity index (χ1n) is 6.96. The van der Waals surface area contributed by atoms with Crippen molar-refractivity contribution in [2.45, 2.75) is 18.9 Å². The number of nitrogens with zero attached hydrogens (tertiary/aromatic N) is 1. The van der Waals surface area contributed by atoms with E-state index in [0.29, 0.717) is 10.6 Å². The second-order valence-electron chi connectivity index (χ2n) is 5.02. The van der Waals surface area contributed by atoms with E-state index in [-0.39, 0.29) is 22.6 Å². The number of anilines is 1. The van der Waals surface area contributed by atoms with Gasteiger partial charge in [0.25, 0.3) is 5.91 Å². The first-order valence-corrected chi connectivity index (χ1v) is 8.15. The van der Waals surface area contributed by atoms with Gasteiger partial charge in [-0.2, -0.15) is 0 Å². The molecule has 1 atom stereocenters. The number of nitrogens with one attached hydrogen (secondary N) is 1. The molecule has 0 bridgehead atoms. The summed E-state index contributed by atoms with van der Waals surface area (Å²) < 4.78 is 5.54. The predicted octanol–water partition coefficient (Wildman–Crippen LogP) is 3.60. The molecule has 1 unspecified atom stereocenters. The summed E-state index contributed by atoms with van der Waals surface area (Å²) in [5.74, 6) is -1.43. The van der Waals surface area contributed by atoms with Gasteiger partial charge >= 0.3 is 5.97 Å². The number of halogens is 1. The Morgan fingerprint density at radius 2 is 2.26 bits per heavy atom. The lowest BCUT2D eigenvalue weighted by Gasteiger charge is -2.06. The van der Waals surface area contributed by atoms with E-state index in [0.717, 1.165) is 24.5 Å². The van der Waals surface area contributed by atoms with Crippen LogP contribution in [0.4, 0.5) is 5.69 Å². The molecule has 8 heteroatoms. The molecule has 0 saturated carbocycles. The minimum absolute atomic E-state index is 0.0110. The van der Waals surface area contributed by atoms with E-state index in [2.05, 4.69) is 10.3 Å². The molecule has 120 valence electrons. The van der Waals surface area contributed by atoms with Crippen LogP contribution in [0.25, 0.3) is 0 Å². The molecule has 3 rings (SSSR count). The van der Waals surface area contributed by atoms with E-state index in [1.165, 1.54) is 35.7 Å². The number of carbonyl (C=O) groups excluding carboxylic acids is 1. The van der Waals surface area contributed by atoms with Crippen molar-refractivity contribution >= 4 is 40.5 Å². The Morgan fingerprint density at radius 3 is 2.91 bits per heavy atom. The number of carboxylic acid groups (broad SMARTS) is 1. The second-order valence-corrected chi connectivity index (χ2v) is 6.49. The van der Waals surface area contributed by atoms with Gasteiger partial charge in [-0.15, -0.1) is 11.3 Å². The fraction of sp³-hybridized carbons (Fsp3) is 0.267. The highest BCUT2D eigenvalue weighted by Crippen LogP contribution is 2.31. The van der Waals surface area contributed by atoms with Crippen LogP contribution >= 0.6 is 22.9 Å². The van der Waals surface area contributed by atoms with Gasteiger partial charge in [-0.25, -0.2) is 9.78 Å². The van der Waals surface area contributed by atoms with Crippen molar-refractivity contribution in [2.75, 3.05) is 11.9 Å². The van der Waals surface area contributed by atoms with Crippen LogP contribution in [0.1, 0.15) is 44.0 Å². The van der Waals surface area contributed by atoms with Crippen molar-refractivity contribution in [1.29, 1.82) is 0 Å². The van der Waals surface area contributed by atoms with Crippen molar-refractivity contribution in [1.82, 2.24) is 4.98 Å². The lowest BCUT2D eigenvalue weighted by Crippen LogP contribution is -2.10. The van der Waals surface area contributed by atoms with Gasteiger partial charge in [0.1, 0.15) is 16.0 Å². The fourth-order valence-corrected chi connectivity index (χ4v) is 3.43. The van der Waals surface area contributed by atoms with E-state index in [9.17, 15) is 9.59 Å². The topological polar surface area (TPSA) is 88.5 Å². The van der Waals surface area contributed by atoms with Crippen molar-refractivity contribution in [3.8, 4) is 0 Å². The number of aromatic carboxylic acids is 1. The lowest BCUT2D eigenvalue weighted by atomic mass is 10.2. The summed E-state index contributed by atoms with van der Waals surface area (Å²) in [6.07, 6.45) is 3.41. The van der Waals surface area contributed by atoms with Gasteiger partial charge in [0.05, 0.1) is 16.8 Å². The summed E-state index contributed by atoms with van der Waals surface area (Å²) in [6.45, 7) is 0.722. The van der Waals surface area contributed by atoms with Gasteiger partial charge < -0.3 is 15.2 Å². The summed E-state index contributed by atoms with van der Waals surface area (Å²) in [5.41, 5.74) is 0.417. The van der Waals surface area contributed by atoms with Crippen LogP contribution < -0.4 is 5.32 Å². The molecule has 2 N–H and O–H groups in total. The molecule has 1 aliphatic rings. The summed E-state index contributed by atoms with van der Waals surface area (Å²) in [5, 5.41) is 12.5. The minimum Gasteiger partial charge on any atom is -0.478 e. The zero-order valence-electron chi connectivity index (χ0n) is 11.9. The summed E-state index contributed by atoms with van der Waals surface area (Å²) in [6, 6.07) is 4.25. The van der Waals surface area contributed by atoms with Crippen LogP contribution in [-0.2, 0) is 4.74 Å². The average molecular weight is 353 g/mol. The third-order valence-corrected chi connectivity index (χ3v) is 4.81. The maximum absolute atomic E-state index is 12.2. The Balaban J connectivity index is 1.71. The molecule has 1 aromatic heterocycles.